The second-order valence-corrected chi connectivity index (χ2v) is 3.89. The largest absolute Gasteiger partial charge is 0.226 e. The lowest BCUT2D eigenvalue weighted by Crippen LogP contribution is -1.90. The van der Waals surface area contributed by atoms with Crippen molar-refractivity contribution >= 4 is 11.6 Å². The highest BCUT2D eigenvalue weighted by atomic mass is 35.5. The summed E-state index contributed by atoms with van der Waals surface area (Å²) < 4.78 is 26.5. The third-order valence-electron chi connectivity index (χ3n) is 2.27. The molecule has 2 rings (SSSR count). The van der Waals surface area contributed by atoms with Crippen LogP contribution in [0.2, 0.25) is 5.02 Å². The van der Waals surface area contributed by atoms with Crippen LogP contribution in [0, 0.1) is 18.7 Å². The molecule has 0 N–H and O–H groups in total. The minimum Gasteiger partial charge on any atom is -0.226 e. The van der Waals surface area contributed by atoms with Crippen LogP contribution in [0.15, 0.2) is 30.5 Å². The molecule has 0 unspecified atom stereocenters. The summed E-state index contributed by atoms with van der Waals surface area (Å²) >= 11 is 5.73. The molecule has 1 aromatic heterocycles. The minimum absolute atomic E-state index is 0.274. The molecule has 0 amide bonds. The first kappa shape index (κ1) is 11.0. The third kappa shape index (κ3) is 2.04. The summed E-state index contributed by atoms with van der Waals surface area (Å²) in [6, 6.07) is 5.83. The summed E-state index contributed by atoms with van der Waals surface area (Å²) in [7, 11) is 0. The Balaban J connectivity index is 2.58. The molecule has 0 radical (unpaired) electrons. The quantitative estimate of drug-likeness (QED) is 0.686. The Morgan fingerprint density at radius 3 is 2.62 bits per heavy atom. The van der Waals surface area contributed by atoms with Crippen molar-refractivity contribution in [3.05, 3.63) is 52.8 Å². The summed E-state index contributed by atoms with van der Waals surface area (Å²) in [4.78, 5) is 3.51. The lowest BCUT2D eigenvalue weighted by Gasteiger charge is -2.05. The van der Waals surface area contributed by atoms with Gasteiger partial charge in [0.1, 0.15) is 5.82 Å². The molecule has 0 saturated carbocycles. The summed E-state index contributed by atoms with van der Waals surface area (Å²) in [6.07, 6.45) is 1.23. The molecule has 0 fully saturated rings. The monoisotopic (exact) mass is 239 g/mol. The van der Waals surface area contributed by atoms with E-state index in [0.29, 0.717) is 16.1 Å². The van der Waals surface area contributed by atoms with E-state index in [1.807, 2.05) is 0 Å². The lowest BCUT2D eigenvalue weighted by atomic mass is 10.0. The van der Waals surface area contributed by atoms with Gasteiger partial charge in [0.25, 0.3) is 0 Å². The summed E-state index contributed by atoms with van der Waals surface area (Å²) in [5, 5.41) is 0.346. The van der Waals surface area contributed by atoms with Crippen molar-refractivity contribution in [2.75, 3.05) is 0 Å². The van der Waals surface area contributed by atoms with Gasteiger partial charge in [-0.25, -0.2) is 9.37 Å². The first-order valence-electron chi connectivity index (χ1n) is 4.65. The zero-order valence-electron chi connectivity index (χ0n) is 8.47. The van der Waals surface area contributed by atoms with Crippen molar-refractivity contribution in [1.29, 1.82) is 0 Å². The van der Waals surface area contributed by atoms with Gasteiger partial charge >= 0.3 is 0 Å². The van der Waals surface area contributed by atoms with Gasteiger partial charge in [0.15, 0.2) is 0 Å². The number of aryl methyl sites for hydroxylation is 1. The molecule has 82 valence electrons. The van der Waals surface area contributed by atoms with Gasteiger partial charge in [-0.05, 0) is 36.2 Å². The van der Waals surface area contributed by atoms with Gasteiger partial charge in [0, 0.05) is 11.8 Å². The van der Waals surface area contributed by atoms with Crippen molar-refractivity contribution in [3.63, 3.8) is 0 Å². The first-order valence-corrected chi connectivity index (χ1v) is 5.03. The third-order valence-corrected chi connectivity index (χ3v) is 2.48. The molecule has 0 saturated heterocycles. The maximum absolute atomic E-state index is 13.4. The summed E-state index contributed by atoms with van der Waals surface area (Å²) in [5.41, 5.74) is 1.29. The van der Waals surface area contributed by atoms with Gasteiger partial charge in [-0.1, -0.05) is 17.7 Å². The average molecular weight is 240 g/mol. The highest BCUT2D eigenvalue weighted by Crippen LogP contribution is 2.25. The van der Waals surface area contributed by atoms with Crippen molar-refractivity contribution < 1.29 is 8.78 Å². The van der Waals surface area contributed by atoms with E-state index < -0.39 is 5.95 Å². The lowest BCUT2D eigenvalue weighted by molar-refractivity contribution is 0.587. The van der Waals surface area contributed by atoms with E-state index in [4.69, 9.17) is 11.6 Å². The van der Waals surface area contributed by atoms with Crippen LogP contribution in [-0.2, 0) is 0 Å². The molecule has 4 heteroatoms. The molecule has 1 aromatic carbocycles. The number of hydrogen-bond acceptors (Lipinski definition) is 1. The Bertz CT molecular complexity index is 541. The van der Waals surface area contributed by atoms with E-state index in [1.54, 1.807) is 13.0 Å². The van der Waals surface area contributed by atoms with E-state index in [-0.39, 0.29) is 11.4 Å². The van der Waals surface area contributed by atoms with E-state index in [1.165, 1.54) is 24.4 Å². The van der Waals surface area contributed by atoms with Crippen LogP contribution < -0.4 is 0 Å². The molecular weight excluding hydrogens is 232 g/mol. The van der Waals surface area contributed by atoms with Gasteiger partial charge < -0.3 is 0 Å². The van der Waals surface area contributed by atoms with Crippen molar-refractivity contribution in [3.8, 4) is 11.1 Å². The fourth-order valence-electron chi connectivity index (χ4n) is 1.44. The fourth-order valence-corrected chi connectivity index (χ4v) is 1.60. The maximum atomic E-state index is 13.4. The number of halogens is 3. The minimum atomic E-state index is -0.615. The van der Waals surface area contributed by atoms with Crippen LogP contribution in [0.1, 0.15) is 5.56 Å². The van der Waals surface area contributed by atoms with Crippen LogP contribution in [0.3, 0.4) is 0 Å². The Morgan fingerprint density at radius 2 is 1.94 bits per heavy atom. The van der Waals surface area contributed by atoms with Crippen LogP contribution >= 0.6 is 11.6 Å². The molecule has 1 nitrogen and oxygen atoms in total. The molecule has 1 heterocycles. The topological polar surface area (TPSA) is 12.9 Å². The predicted octanol–water partition coefficient (Wildman–Crippen LogP) is 3.99. The van der Waals surface area contributed by atoms with Gasteiger partial charge in [-0.3, -0.25) is 0 Å². The summed E-state index contributed by atoms with van der Waals surface area (Å²) in [5.74, 6) is -0.936. The van der Waals surface area contributed by atoms with Gasteiger partial charge in [-0.2, -0.15) is 4.39 Å². The second kappa shape index (κ2) is 4.18. The molecular formula is C12H8ClF2N. The molecule has 0 aliphatic carbocycles. The second-order valence-electron chi connectivity index (χ2n) is 3.46. The molecule has 0 aliphatic heterocycles. The van der Waals surface area contributed by atoms with Crippen LogP contribution in [0.5, 0.6) is 0 Å². The van der Waals surface area contributed by atoms with Crippen molar-refractivity contribution in [1.82, 2.24) is 4.98 Å². The highest BCUT2D eigenvalue weighted by Gasteiger charge is 2.08. The normalized spacial score (nSPS) is 10.5. The number of nitrogens with zero attached hydrogens (tertiary/aromatic N) is 1. The standard InChI is InChI=1S/C12H8ClF2N/c1-7-4-8(2-3-11(7)14)10-5-9(13)6-16-12(10)15/h2-6H,1H3. The van der Waals surface area contributed by atoms with E-state index >= 15 is 0 Å². The molecule has 16 heavy (non-hydrogen) atoms. The number of aromatic nitrogens is 1. The van der Waals surface area contributed by atoms with Crippen molar-refractivity contribution in [2.24, 2.45) is 0 Å². The van der Waals surface area contributed by atoms with E-state index in [0.717, 1.165) is 0 Å². The van der Waals surface area contributed by atoms with E-state index in [2.05, 4.69) is 4.98 Å². The Hall–Kier alpha value is -1.48. The molecule has 0 aliphatic rings. The molecule has 0 atom stereocenters. The highest BCUT2D eigenvalue weighted by molar-refractivity contribution is 6.30. The molecule has 2 aromatic rings. The van der Waals surface area contributed by atoms with Crippen LogP contribution in [0.4, 0.5) is 8.78 Å². The van der Waals surface area contributed by atoms with Crippen LogP contribution in [0.25, 0.3) is 11.1 Å². The van der Waals surface area contributed by atoms with Gasteiger partial charge in [0.2, 0.25) is 5.95 Å². The number of rotatable bonds is 1. The van der Waals surface area contributed by atoms with Crippen LogP contribution in [-0.4, -0.2) is 4.98 Å². The summed E-state index contributed by atoms with van der Waals surface area (Å²) in [6.45, 7) is 1.62. The predicted molar refractivity (Wildman–Crippen MR) is 59.3 cm³/mol. The Kier molecular flexibility index (Phi) is 2.88. The zero-order chi connectivity index (χ0) is 11.7. The Morgan fingerprint density at radius 1 is 1.19 bits per heavy atom. The average Bonchev–Trinajstić information content (AvgIpc) is 2.26. The molecule has 0 bridgehead atoms. The number of benzene rings is 1. The number of hydrogen-bond donors (Lipinski definition) is 0. The SMILES string of the molecule is Cc1cc(-c2cc(Cl)cnc2F)ccc1F. The first-order chi connectivity index (χ1) is 7.58. The number of pyridine rings is 1. The Labute approximate surface area is 96.7 Å². The molecule has 0 spiro atoms. The van der Waals surface area contributed by atoms with E-state index in [9.17, 15) is 8.78 Å². The zero-order valence-corrected chi connectivity index (χ0v) is 9.22. The van der Waals surface area contributed by atoms with Gasteiger partial charge in [0.05, 0.1) is 5.02 Å². The smallest absolute Gasteiger partial charge is 0.220 e. The fraction of sp³-hybridized carbons (Fsp3) is 0.0833. The van der Waals surface area contributed by atoms with Gasteiger partial charge in [-0.15, -0.1) is 0 Å². The maximum Gasteiger partial charge on any atom is 0.220 e. The van der Waals surface area contributed by atoms with Crippen molar-refractivity contribution in [2.45, 2.75) is 6.92 Å².